The molecule has 2 amide bonds. The molecule has 4 rings (SSSR count). The highest BCUT2D eigenvalue weighted by atomic mass is 19.4. The highest BCUT2D eigenvalue weighted by Crippen LogP contribution is 2.37. The number of fused-ring (bicyclic) bond motifs is 3. The number of carbonyl (C=O) groups is 2. The first-order valence-electron chi connectivity index (χ1n) is 11.9. The third-order valence-corrected chi connectivity index (χ3v) is 6.33. The molecule has 2 aliphatic heterocycles. The van der Waals surface area contributed by atoms with Crippen LogP contribution >= 0.6 is 0 Å². The zero-order valence-electron chi connectivity index (χ0n) is 21.1. The lowest BCUT2D eigenvalue weighted by atomic mass is 10.1. The lowest BCUT2D eigenvalue weighted by molar-refractivity contribution is -0.141. The summed E-state index contributed by atoms with van der Waals surface area (Å²) in [5.74, 6) is -0.994. The highest BCUT2D eigenvalue weighted by Gasteiger charge is 2.44. The monoisotopic (exact) mass is 578 g/mol. The van der Waals surface area contributed by atoms with Gasteiger partial charge in [0, 0.05) is 26.2 Å². The Hall–Kier alpha value is -3.96. The fraction of sp³-hybridized carbons (Fsp3) is 0.545. The molecule has 0 aromatic carbocycles. The summed E-state index contributed by atoms with van der Waals surface area (Å²) >= 11 is 0. The third-order valence-electron chi connectivity index (χ3n) is 6.33. The molecular formula is C22H24F6N8O4. The number of amides is 2. The predicted molar refractivity (Wildman–Crippen MR) is 127 cm³/mol. The van der Waals surface area contributed by atoms with Crippen molar-refractivity contribution in [3.8, 4) is 0 Å². The zero-order valence-corrected chi connectivity index (χ0v) is 21.1. The van der Waals surface area contributed by atoms with Gasteiger partial charge in [-0.15, -0.1) is 0 Å². The van der Waals surface area contributed by atoms with E-state index in [1.54, 1.807) is 5.10 Å². The van der Waals surface area contributed by atoms with E-state index in [1.165, 1.54) is 23.8 Å². The first kappa shape index (κ1) is 29.0. The van der Waals surface area contributed by atoms with Gasteiger partial charge in [-0.3, -0.25) is 19.3 Å². The summed E-state index contributed by atoms with van der Waals surface area (Å²) in [4.78, 5) is 48.6. The van der Waals surface area contributed by atoms with Crippen molar-refractivity contribution >= 4 is 29.1 Å². The maximum absolute atomic E-state index is 13.2. The van der Waals surface area contributed by atoms with E-state index < -0.39 is 52.8 Å². The number of nitrogens with zero attached hydrogens (tertiary/aromatic N) is 6. The molecule has 1 unspecified atom stereocenters. The minimum atomic E-state index is -4.90. The average Bonchev–Trinajstić information content (AvgIpc) is 2.87. The number of alkyl halides is 6. The van der Waals surface area contributed by atoms with Gasteiger partial charge in [-0.05, 0) is 6.92 Å². The number of ether oxygens (including phenoxy) is 1. The molecule has 40 heavy (non-hydrogen) atoms. The Bertz CT molecular complexity index is 1330. The number of nitrogens with one attached hydrogen (secondary N) is 2. The molecule has 0 radical (unpaired) electrons. The number of hydrogen-bond acceptors (Lipinski definition) is 9. The molecule has 12 nitrogen and oxygen atoms in total. The molecule has 0 bridgehead atoms. The number of aromatic amines is 1. The predicted octanol–water partition coefficient (Wildman–Crippen LogP) is 1.50. The van der Waals surface area contributed by atoms with Crippen molar-refractivity contribution in [3.05, 3.63) is 34.0 Å². The molecule has 1 saturated heterocycles. The van der Waals surface area contributed by atoms with Crippen LogP contribution in [0.2, 0.25) is 0 Å². The molecule has 18 heteroatoms. The van der Waals surface area contributed by atoms with Gasteiger partial charge >= 0.3 is 12.4 Å². The maximum Gasteiger partial charge on any atom is 0.434 e. The van der Waals surface area contributed by atoms with E-state index in [0.717, 1.165) is 11.1 Å². The number of hydrogen-bond donors (Lipinski definition) is 2. The largest absolute Gasteiger partial charge is 0.434 e. The molecule has 2 aromatic rings. The minimum Gasteiger partial charge on any atom is -0.379 e. The molecule has 1 fully saturated rings. The lowest BCUT2D eigenvalue weighted by Gasteiger charge is -2.46. The zero-order chi connectivity index (χ0) is 29.4. The van der Waals surface area contributed by atoms with Crippen molar-refractivity contribution in [3.63, 3.8) is 0 Å². The van der Waals surface area contributed by atoms with Crippen LogP contribution in [0.1, 0.15) is 24.6 Å². The lowest BCUT2D eigenvalue weighted by Crippen LogP contribution is -2.63. The van der Waals surface area contributed by atoms with Gasteiger partial charge in [0.15, 0.2) is 17.3 Å². The first-order valence-corrected chi connectivity index (χ1v) is 11.9. The standard InChI is InChI=1S/C22H24F6N8O4/c1-11(31-12-7-30-33-19(38)16(12)22(26,27)28)10-40-6-3-15(37)35-4-5-36-13(9-35)20(39)34(2)18-17(36)29-8-14(32-18)21(23,24)25/h7-8,11,13H,3-6,9-10H2,1-2H3,(H2,31,33,38)/t11-,13?/m0/s1. The number of anilines is 3. The second kappa shape index (κ2) is 10.9. The number of likely N-dealkylation sites (N-methyl/N-ethyl adjacent to an activating group) is 1. The molecule has 218 valence electrons. The number of H-pyrrole nitrogens is 1. The molecule has 4 heterocycles. The van der Waals surface area contributed by atoms with Crippen LogP contribution < -0.4 is 20.7 Å². The summed E-state index contributed by atoms with van der Waals surface area (Å²) in [7, 11) is 1.29. The summed E-state index contributed by atoms with van der Waals surface area (Å²) in [5.41, 5.74) is -4.54. The topological polar surface area (TPSA) is 137 Å². The van der Waals surface area contributed by atoms with Gasteiger partial charge in [0.25, 0.3) is 11.5 Å². The van der Waals surface area contributed by atoms with Crippen LogP contribution in [0.5, 0.6) is 0 Å². The van der Waals surface area contributed by atoms with Crippen LogP contribution in [-0.4, -0.2) is 88.9 Å². The van der Waals surface area contributed by atoms with Gasteiger partial charge in [0.05, 0.1) is 44.3 Å². The summed E-state index contributed by atoms with van der Waals surface area (Å²) in [6.07, 6.45) is -8.28. The molecule has 2 atom stereocenters. The van der Waals surface area contributed by atoms with E-state index in [0.29, 0.717) is 6.20 Å². The molecule has 2 aromatic heterocycles. The van der Waals surface area contributed by atoms with Crippen LogP contribution in [0.4, 0.5) is 43.7 Å². The summed E-state index contributed by atoms with van der Waals surface area (Å²) < 4.78 is 84.1. The Morgan fingerprint density at radius 1 is 1.15 bits per heavy atom. The Morgan fingerprint density at radius 2 is 1.88 bits per heavy atom. The first-order chi connectivity index (χ1) is 18.7. The molecular weight excluding hydrogens is 554 g/mol. The quantitative estimate of drug-likeness (QED) is 0.370. The summed E-state index contributed by atoms with van der Waals surface area (Å²) in [5, 5.41) is 7.64. The molecule has 0 aliphatic carbocycles. The van der Waals surface area contributed by atoms with Crippen molar-refractivity contribution in [2.45, 2.75) is 37.8 Å². The highest BCUT2D eigenvalue weighted by molar-refractivity contribution is 6.04. The third kappa shape index (κ3) is 5.95. The van der Waals surface area contributed by atoms with Gasteiger partial charge in [-0.2, -0.15) is 31.4 Å². The van der Waals surface area contributed by atoms with Crippen LogP contribution in [0, 0.1) is 0 Å². The number of piperazine rings is 1. The second-order valence-electron chi connectivity index (χ2n) is 9.20. The van der Waals surface area contributed by atoms with E-state index in [1.807, 2.05) is 0 Å². The number of carbonyl (C=O) groups excluding carboxylic acids is 2. The molecule has 2 N–H and O–H groups in total. The van der Waals surface area contributed by atoms with Crippen molar-refractivity contribution in [2.75, 3.05) is 55.0 Å². The van der Waals surface area contributed by atoms with E-state index >= 15 is 0 Å². The van der Waals surface area contributed by atoms with Gasteiger partial charge in [-0.25, -0.2) is 15.1 Å². The van der Waals surface area contributed by atoms with Crippen LogP contribution in [0.3, 0.4) is 0 Å². The summed E-state index contributed by atoms with van der Waals surface area (Å²) in [6.45, 7) is 1.63. The maximum atomic E-state index is 13.2. The Balaban J connectivity index is 1.30. The van der Waals surface area contributed by atoms with E-state index in [2.05, 4.69) is 20.4 Å². The van der Waals surface area contributed by atoms with Crippen LogP contribution in [-0.2, 0) is 26.7 Å². The van der Waals surface area contributed by atoms with Crippen molar-refractivity contribution in [1.29, 1.82) is 0 Å². The van der Waals surface area contributed by atoms with Crippen molar-refractivity contribution in [1.82, 2.24) is 25.1 Å². The summed E-state index contributed by atoms with van der Waals surface area (Å²) in [6, 6.07) is -1.53. The van der Waals surface area contributed by atoms with Gasteiger partial charge in [0.1, 0.15) is 11.6 Å². The number of aromatic nitrogens is 4. The normalized spacial score (nSPS) is 18.4. The van der Waals surface area contributed by atoms with Gasteiger partial charge in [0.2, 0.25) is 5.91 Å². The smallest absolute Gasteiger partial charge is 0.379 e. The van der Waals surface area contributed by atoms with Crippen molar-refractivity contribution < 1.29 is 40.7 Å². The number of rotatable bonds is 7. The molecule has 2 aliphatic rings. The molecule has 0 saturated carbocycles. The van der Waals surface area contributed by atoms with Gasteiger partial charge in [-0.1, -0.05) is 0 Å². The van der Waals surface area contributed by atoms with Crippen molar-refractivity contribution in [2.24, 2.45) is 0 Å². The van der Waals surface area contributed by atoms with E-state index in [4.69, 9.17) is 4.74 Å². The van der Waals surface area contributed by atoms with E-state index in [-0.39, 0.29) is 56.8 Å². The van der Waals surface area contributed by atoms with Crippen LogP contribution in [0.15, 0.2) is 17.2 Å². The fourth-order valence-electron chi connectivity index (χ4n) is 4.41. The molecule has 0 spiro atoms. The van der Waals surface area contributed by atoms with E-state index in [9.17, 15) is 40.7 Å². The second-order valence-corrected chi connectivity index (χ2v) is 9.20. The minimum absolute atomic E-state index is 0.0299. The Morgan fingerprint density at radius 3 is 2.55 bits per heavy atom. The fourth-order valence-corrected chi connectivity index (χ4v) is 4.41. The average molecular weight is 578 g/mol. The SMILES string of the molecule is C[C@@H](COCCC(=O)N1CCN2c3ncc(C(F)(F)F)nc3N(C)C(=O)C2C1)Nc1cn[nH]c(=O)c1C(F)(F)F. The Kier molecular flexibility index (Phi) is 7.91. The van der Waals surface area contributed by atoms with Crippen LogP contribution in [0.25, 0.3) is 0 Å². The van der Waals surface area contributed by atoms with Gasteiger partial charge < -0.3 is 19.9 Å². The number of halogens is 6. The Labute approximate surface area is 222 Å².